The van der Waals surface area contributed by atoms with E-state index in [2.05, 4.69) is 38.2 Å². The number of aromatic nitrogens is 4. The number of carbonyl (C=O) groups excluding carboxylic acids is 3. The van der Waals surface area contributed by atoms with Gasteiger partial charge in [0, 0.05) is 51.4 Å². The Hall–Kier alpha value is -6.29. The van der Waals surface area contributed by atoms with Gasteiger partial charge in [-0.3, -0.25) is 4.79 Å². The van der Waals surface area contributed by atoms with Crippen molar-refractivity contribution in [1.82, 2.24) is 34.4 Å². The Labute approximate surface area is 570 Å². The zero-order chi connectivity index (χ0) is 65.7. The standard InChI is InChI=1S/C24H33F2N3O3.C20H26F2N2O.C17H29N3O3.C7H5BrF2.3CH4.ClH/c1-23(2,3)32-22(30)28(4)17-20-15-21(29(27-20)16-18-11-7-5-8-12-18)31-24(25,26)19-13-9-6-10-14-19;1-2-9-18-14-19(24(23-18)15-16-10-5-3-6-11-16)25-20(21,22)17-12-7-4-8-13-17;1-17(2,3)23-16(22)19(4)12-14-10-15(21)20(18-14)11-13-8-6-5-7-9-13;8-7(9,10)6-4-2-1-3-5-6;;;;/h6,9-10,13-15,18H,5,7-8,11-12,16-17H2,1-4H3;4,7-8,12-14,16H,2-3,5-6,9-11,15H2,1H3;13H,5-12H2,1-4H3;1-5H;3*1H4;1H. The summed E-state index contributed by atoms with van der Waals surface area (Å²) in [4.78, 5) is 36.3. The van der Waals surface area contributed by atoms with Crippen LogP contribution in [-0.4, -0.2) is 96.6 Å². The fourth-order valence-corrected chi connectivity index (χ4v) is 11.2. The van der Waals surface area contributed by atoms with Crippen LogP contribution in [0.5, 0.6) is 11.8 Å². The maximum atomic E-state index is 14.8. The summed E-state index contributed by atoms with van der Waals surface area (Å²) in [6.45, 7) is 15.3. The number of ether oxygens (including phenoxy) is 4. The van der Waals surface area contributed by atoms with E-state index >= 15 is 0 Å². The van der Waals surface area contributed by atoms with E-state index in [4.69, 9.17) is 18.9 Å². The predicted octanol–water partition coefficient (Wildman–Crippen LogP) is 20.0. The Balaban J connectivity index is 0.000000442. The molecule has 3 saturated carbocycles. The van der Waals surface area contributed by atoms with Gasteiger partial charge in [0.25, 0.3) is 0 Å². The van der Waals surface area contributed by atoms with Crippen molar-refractivity contribution >= 4 is 52.1 Å². The Morgan fingerprint density at radius 3 is 1.26 bits per heavy atom. The highest BCUT2D eigenvalue weighted by molar-refractivity contribution is 9.09. The van der Waals surface area contributed by atoms with Crippen LogP contribution in [0.2, 0.25) is 0 Å². The number of nitrogens with zero attached hydrogens (tertiary/aromatic N) is 8. The van der Waals surface area contributed by atoms with E-state index < -0.39 is 40.4 Å². The summed E-state index contributed by atoms with van der Waals surface area (Å²) in [5.41, 5.74) is 0.485. The van der Waals surface area contributed by atoms with E-state index in [-0.39, 0.29) is 75.6 Å². The number of benzene rings is 3. The van der Waals surface area contributed by atoms with Gasteiger partial charge in [0.05, 0.1) is 47.7 Å². The Morgan fingerprint density at radius 1 is 0.543 bits per heavy atom. The fraction of sp³-hybridized carbons (Fsp3) is 0.606. The molecule has 3 aromatic carbocycles. The molecule has 528 valence electrons. The minimum atomic E-state index is -3.50. The van der Waals surface area contributed by atoms with Crippen LogP contribution in [-0.2, 0) is 57.4 Å². The molecule has 0 atom stereocenters. The van der Waals surface area contributed by atoms with Crippen LogP contribution in [0, 0.1) is 17.8 Å². The molecule has 9 rings (SSSR count). The molecule has 0 bridgehead atoms. The normalized spacial score (nSPS) is 15.6. The fourth-order valence-electron chi connectivity index (χ4n) is 11.0. The molecule has 0 spiro atoms. The van der Waals surface area contributed by atoms with Crippen LogP contribution in [0.1, 0.15) is 208 Å². The average Bonchev–Trinajstić information content (AvgIpc) is 1.65. The number of halogens is 8. The molecular formula is C71H106BrClF6N8O7. The summed E-state index contributed by atoms with van der Waals surface area (Å²) in [5, 5.41) is 15.1. The van der Waals surface area contributed by atoms with Crippen molar-refractivity contribution in [2.24, 2.45) is 22.9 Å². The van der Waals surface area contributed by atoms with Crippen LogP contribution in [0.15, 0.2) is 108 Å². The third-order valence-corrected chi connectivity index (χ3v) is 15.9. The van der Waals surface area contributed by atoms with Gasteiger partial charge in [-0.1, -0.05) is 160 Å². The third kappa shape index (κ3) is 28.6. The van der Waals surface area contributed by atoms with Gasteiger partial charge in [-0.2, -0.15) is 41.6 Å². The molecule has 5 aromatic rings. The van der Waals surface area contributed by atoms with Gasteiger partial charge >= 0.3 is 29.2 Å². The number of hydrazone groups is 1. The molecule has 3 heterocycles. The average molecular weight is 1410 g/mol. The van der Waals surface area contributed by atoms with Gasteiger partial charge in [-0.15, -0.1) is 12.4 Å². The number of hydrogen-bond acceptors (Lipinski definition) is 10. The molecular weight excluding hydrogens is 1310 g/mol. The number of carbonyl (C=O) groups is 3. The quantitative estimate of drug-likeness (QED) is 0.0582. The molecule has 0 radical (unpaired) electrons. The highest BCUT2D eigenvalue weighted by Gasteiger charge is 2.38. The zero-order valence-corrected chi connectivity index (χ0v) is 56.7. The third-order valence-electron chi connectivity index (χ3n) is 15.5. The lowest BCUT2D eigenvalue weighted by atomic mass is 9.89. The van der Waals surface area contributed by atoms with E-state index in [1.807, 2.05) is 20.8 Å². The van der Waals surface area contributed by atoms with Crippen molar-refractivity contribution < 1.29 is 59.7 Å². The van der Waals surface area contributed by atoms with Crippen molar-refractivity contribution in [3.05, 3.63) is 131 Å². The predicted molar refractivity (Wildman–Crippen MR) is 367 cm³/mol. The van der Waals surface area contributed by atoms with Crippen molar-refractivity contribution in [3.8, 4) is 11.8 Å². The van der Waals surface area contributed by atoms with Gasteiger partial charge in [0.1, 0.15) is 11.2 Å². The smallest absolute Gasteiger partial charge is 0.427 e. The minimum Gasteiger partial charge on any atom is -0.444 e. The highest BCUT2D eigenvalue weighted by Crippen LogP contribution is 2.37. The van der Waals surface area contributed by atoms with Crippen LogP contribution in [0.25, 0.3) is 0 Å². The summed E-state index contributed by atoms with van der Waals surface area (Å²) in [5.74, 6) is 1.64. The molecule has 0 unspecified atom stereocenters. The minimum absolute atomic E-state index is 0. The van der Waals surface area contributed by atoms with Gasteiger partial charge in [-0.25, -0.2) is 24.0 Å². The first-order chi connectivity index (χ1) is 42.5. The van der Waals surface area contributed by atoms with Crippen LogP contribution in [0.4, 0.5) is 35.9 Å². The summed E-state index contributed by atoms with van der Waals surface area (Å²) in [6.07, 6.45) is 12.0. The number of hydrogen-bond donors (Lipinski definition) is 0. The Bertz CT molecular complexity index is 3020. The Morgan fingerprint density at radius 2 is 0.894 bits per heavy atom. The number of amides is 3. The Kier molecular flexibility index (Phi) is 34.8. The first-order valence-electron chi connectivity index (χ1n) is 31.7. The first kappa shape index (κ1) is 83.8. The highest BCUT2D eigenvalue weighted by atomic mass is 79.9. The van der Waals surface area contributed by atoms with Crippen molar-refractivity contribution in [2.75, 3.05) is 27.2 Å². The summed E-state index contributed by atoms with van der Waals surface area (Å²) >= 11 is 2.25. The SMILES string of the molecule is C.C.C.CCCc1cc(OC(F)(F)c2ccccc2)n(CC2CCCCC2)n1.CN(CC1=NN(CC2CCCCC2)C(=O)C1)C(=O)OC(C)(C)C.CN(Cc1cc(OC(F)(F)c2ccccc2)n(CC2CCCCC2)n1)C(=O)OC(C)(C)C.Cl.FC(F)(Br)c1ccccc1. The second-order valence-corrected chi connectivity index (χ2v) is 26.9. The summed E-state index contributed by atoms with van der Waals surface area (Å²) in [6, 6.07) is 25.8. The van der Waals surface area contributed by atoms with E-state index in [1.54, 1.807) is 105 Å². The van der Waals surface area contributed by atoms with Gasteiger partial charge < -0.3 is 28.7 Å². The van der Waals surface area contributed by atoms with Gasteiger partial charge in [-0.05, 0) is 144 Å². The van der Waals surface area contributed by atoms with Gasteiger partial charge in [0.2, 0.25) is 17.7 Å². The molecule has 3 fully saturated rings. The largest absolute Gasteiger partial charge is 0.444 e. The molecule has 2 aromatic heterocycles. The molecule has 23 heteroatoms. The molecule has 15 nitrogen and oxygen atoms in total. The first-order valence-corrected chi connectivity index (χ1v) is 32.5. The number of alkyl halides is 7. The number of rotatable bonds is 19. The second kappa shape index (κ2) is 39.1. The molecule has 0 saturated heterocycles. The molecule has 3 amide bonds. The molecule has 1 aliphatic heterocycles. The van der Waals surface area contributed by atoms with Crippen molar-refractivity contribution in [1.29, 1.82) is 0 Å². The second-order valence-electron chi connectivity index (χ2n) is 25.9. The van der Waals surface area contributed by atoms with E-state index in [1.165, 1.54) is 115 Å². The topological polar surface area (TPSA) is 146 Å². The van der Waals surface area contributed by atoms with Gasteiger partial charge in [0.15, 0.2) is 0 Å². The maximum Gasteiger partial charge on any atom is 0.427 e. The van der Waals surface area contributed by atoms with Crippen LogP contribution in [0.3, 0.4) is 0 Å². The van der Waals surface area contributed by atoms with Crippen molar-refractivity contribution in [2.45, 2.75) is 234 Å². The zero-order valence-electron chi connectivity index (χ0n) is 54.3. The van der Waals surface area contributed by atoms with E-state index in [9.17, 15) is 40.7 Å². The molecule has 0 N–H and O–H groups in total. The van der Waals surface area contributed by atoms with Crippen LogP contribution < -0.4 is 9.47 Å². The lowest BCUT2D eigenvalue weighted by molar-refractivity contribution is -0.190. The lowest BCUT2D eigenvalue weighted by Crippen LogP contribution is -2.37. The molecule has 4 aliphatic rings. The van der Waals surface area contributed by atoms with Crippen LogP contribution >= 0.6 is 28.3 Å². The van der Waals surface area contributed by atoms with E-state index in [0.717, 1.165) is 69.3 Å². The maximum absolute atomic E-state index is 14.8. The summed E-state index contributed by atoms with van der Waals surface area (Å²) in [7, 11) is 3.26. The van der Waals surface area contributed by atoms with E-state index in [0.29, 0.717) is 49.5 Å². The monoisotopic (exact) mass is 1410 g/mol. The van der Waals surface area contributed by atoms with Crippen molar-refractivity contribution in [3.63, 3.8) is 0 Å². The lowest BCUT2D eigenvalue weighted by Gasteiger charge is -2.25. The molecule has 3 aliphatic carbocycles. The summed E-state index contributed by atoms with van der Waals surface area (Å²) < 4.78 is 108. The number of aryl methyl sites for hydroxylation is 1. The molecule has 94 heavy (non-hydrogen) atoms.